The highest BCUT2D eigenvalue weighted by atomic mass is 35.5. The van der Waals surface area contributed by atoms with Crippen LogP contribution in [0.4, 0.5) is 20.6 Å². The van der Waals surface area contributed by atoms with E-state index in [1.165, 1.54) is 36.4 Å². The Kier molecular flexibility index (Phi) is 6.10. The van der Waals surface area contributed by atoms with Gasteiger partial charge in [0.1, 0.15) is 5.82 Å². The van der Waals surface area contributed by atoms with Crippen LogP contribution in [0.15, 0.2) is 42.6 Å². The summed E-state index contributed by atoms with van der Waals surface area (Å²) in [6.07, 6.45) is 2.31. The summed E-state index contributed by atoms with van der Waals surface area (Å²) in [7, 11) is 1.52. The number of H-pyrrole nitrogens is 1. The SMILES string of the molecule is CCc1cc(CN(C(=O)Nc2ccc(F)c(Cl)c2)c2ccc(OC)nc2)[nH]n1. The molecule has 0 aliphatic heterocycles. The number of nitrogens with zero attached hydrogens (tertiary/aromatic N) is 3. The Bertz CT molecular complexity index is 961. The molecule has 0 aliphatic carbocycles. The first-order valence-corrected chi connectivity index (χ1v) is 8.94. The highest BCUT2D eigenvalue weighted by molar-refractivity contribution is 6.31. The van der Waals surface area contributed by atoms with Crippen molar-refractivity contribution in [3.8, 4) is 5.88 Å². The number of urea groups is 1. The van der Waals surface area contributed by atoms with Crippen molar-refractivity contribution in [3.63, 3.8) is 0 Å². The predicted octanol–water partition coefficient (Wildman–Crippen LogP) is 4.41. The molecule has 7 nitrogen and oxygen atoms in total. The zero-order valence-electron chi connectivity index (χ0n) is 15.4. The third-order valence-corrected chi connectivity index (χ3v) is 4.32. The van der Waals surface area contributed by atoms with Gasteiger partial charge in [-0.2, -0.15) is 5.10 Å². The van der Waals surface area contributed by atoms with Gasteiger partial charge in [-0.1, -0.05) is 18.5 Å². The maximum Gasteiger partial charge on any atom is 0.326 e. The average molecular weight is 404 g/mol. The smallest absolute Gasteiger partial charge is 0.326 e. The van der Waals surface area contributed by atoms with Crippen LogP contribution in [0, 0.1) is 5.82 Å². The van der Waals surface area contributed by atoms with E-state index in [9.17, 15) is 9.18 Å². The fourth-order valence-corrected chi connectivity index (χ4v) is 2.72. The molecule has 0 radical (unpaired) electrons. The molecule has 2 aromatic heterocycles. The van der Waals surface area contributed by atoms with Crippen LogP contribution >= 0.6 is 11.6 Å². The van der Waals surface area contributed by atoms with Crippen LogP contribution in [0.2, 0.25) is 5.02 Å². The van der Waals surface area contributed by atoms with Gasteiger partial charge in [0.25, 0.3) is 0 Å². The Hall–Kier alpha value is -3.13. The average Bonchev–Trinajstić information content (AvgIpc) is 3.17. The van der Waals surface area contributed by atoms with Crippen LogP contribution in [-0.4, -0.2) is 28.3 Å². The minimum atomic E-state index is -0.555. The maximum absolute atomic E-state index is 13.4. The maximum atomic E-state index is 13.4. The van der Waals surface area contributed by atoms with Crippen LogP contribution in [-0.2, 0) is 13.0 Å². The van der Waals surface area contributed by atoms with Crippen molar-refractivity contribution < 1.29 is 13.9 Å². The molecule has 0 bridgehead atoms. The van der Waals surface area contributed by atoms with Gasteiger partial charge >= 0.3 is 6.03 Å². The largest absolute Gasteiger partial charge is 0.481 e. The molecule has 2 heterocycles. The predicted molar refractivity (Wildman–Crippen MR) is 105 cm³/mol. The molecular weight excluding hydrogens is 385 g/mol. The molecule has 0 fully saturated rings. The minimum Gasteiger partial charge on any atom is -0.481 e. The van der Waals surface area contributed by atoms with Gasteiger partial charge in [0.2, 0.25) is 5.88 Å². The summed E-state index contributed by atoms with van der Waals surface area (Å²) in [6, 6.07) is 8.84. The molecular formula is C19H19ClFN5O2. The van der Waals surface area contributed by atoms with Crippen molar-refractivity contribution in [3.05, 3.63) is 64.8 Å². The first-order valence-electron chi connectivity index (χ1n) is 8.57. The van der Waals surface area contributed by atoms with Crippen LogP contribution in [0.5, 0.6) is 5.88 Å². The van der Waals surface area contributed by atoms with Crippen molar-refractivity contribution in [2.24, 2.45) is 0 Å². The van der Waals surface area contributed by atoms with Crippen LogP contribution in [0.1, 0.15) is 18.3 Å². The lowest BCUT2D eigenvalue weighted by molar-refractivity contribution is 0.256. The second-order valence-electron chi connectivity index (χ2n) is 5.94. The number of aromatic amines is 1. The molecule has 0 aliphatic rings. The number of hydrogen-bond donors (Lipinski definition) is 2. The number of pyridine rings is 1. The molecule has 146 valence electrons. The van der Waals surface area contributed by atoms with E-state index < -0.39 is 11.8 Å². The number of benzene rings is 1. The highest BCUT2D eigenvalue weighted by Crippen LogP contribution is 2.23. The lowest BCUT2D eigenvalue weighted by atomic mass is 10.2. The molecule has 0 saturated heterocycles. The van der Waals surface area contributed by atoms with Gasteiger partial charge in [-0.05, 0) is 36.8 Å². The Morgan fingerprint density at radius 2 is 2.14 bits per heavy atom. The van der Waals surface area contributed by atoms with E-state index in [4.69, 9.17) is 16.3 Å². The van der Waals surface area contributed by atoms with Gasteiger partial charge in [0.15, 0.2) is 0 Å². The molecule has 9 heteroatoms. The van der Waals surface area contributed by atoms with Crippen molar-refractivity contribution in [2.45, 2.75) is 19.9 Å². The summed E-state index contributed by atoms with van der Waals surface area (Å²) in [4.78, 5) is 18.6. The van der Waals surface area contributed by atoms with Crippen LogP contribution < -0.4 is 15.0 Å². The summed E-state index contributed by atoms with van der Waals surface area (Å²) in [5, 5.41) is 9.77. The first kappa shape index (κ1) is 19.6. The summed E-state index contributed by atoms with van der Waals surface area (Å²) < 4.78 is 18.4. The third kappa shape index (κ3) is 4.58. The van der Waals surface area contributed by atoms with Gasteiger partial charge in [0, 0.05) is 11.8 Å². The first-order chi connectivity index (χ1) is 13.5. The van der Waals surface area contributed by atoms with Gasteiger partial charge in [-0.25, -0.2) is 14.2 Å². The fraction of sp³-hybridized carbons (Fsp3) is 0.211. The number of nitrogens with one attached hydrogen (secondary N) is 2. The van der Waals surface area contributed by atoms with Crippen LogP contribution in [0.3, 0.4) is 0 Å². The second kappa shape index (κ2) is 8.71. The number of carbonyl (C=O) groups excluding carboxylic acids is 1. The number of rotatable bonds is 6. The number of halogens is 2. The van der Waals surface area contributed by atoms with E-state index in [2.05, 4.69) is 20.5 Å². The Labute approximate surface area is 166 Å². The second-order valence-corrected chi connectivity index (χ2v) is 6.35. The molecule has 2 amide bonds. The number of ether oxygens (including phenoxy) is 1. The fourth-order valence-electron chi connectivity index (χ4n) is 2.54. The number of hydrogen-bond acceptors (Lipinski definition) is 4. The van der Waals surface area contributed by atoms with E-state index >= 15 is 0 Å². The molecule has 1 aromatic carbocycles. The number of methoxy groups -OCH3 is 1. The molecule has 0 spiro atoms. The molecule has 28 heavy (non-hydrogen) atoms. The van der Waals surface area contributed by atoms with E-state index in [-0.39, 0.29) is 11.6 Å². The standard InChI is InChI=1S/C19H19ClFN5O2/c1-3-12-8-14(25-24-12)11-26(15-5-7-18(28-2)22-10-15)19(27)23-13-4-6-17(21)16(20)9-13/h4-10H,3,11H2,1-2H3,(H,23,27)(H,24,25). The summed E-state index contributed by atoms with van der Waals surface area (Å²) >= 11 is 5.80. The lowest BCUT2D eigenvalue weighted by Gasteiger charge is -2.22. The zero-order chi connectivity index (χ0) is 20.1. The third-order valence-electron chi connectivity index (χ3n) is 4.03. The van der Waals surface area contributed by atoms with E-state index in [0.717, 1.165) is 17.8 Å². The number of amides is 2. The van der Waals surface area contributed by atoms with E-state index in [0.29, 0.717) is 17.3 Å². The van der Waals surface area contributed by atoms with E-state index in [1.807, 2.05) is 13.0 Å². The molecule has 0 atom stereocenters. The van der Waals surface area contributed by atoms with Gasteiger partial charge in [-0.15, -0.1) is 0 Å². The highest BCUT2D eigenvalue weighted by Gasteiger charge is 2.19. The Morgan fingerprint density at radius 1 is 1.32 bits per heavy atom. The molecule has 0 saturated carbocycles. The molecule has 3 aromatic rings. The van der Waals surface area contributed by atoms with Crippen molar-refractivity contribution >= 4 is 29.0 Å². The summed E-state index contributed by atoms with van der Waals surface area (Å²) in [5.41, 5.74) is 2.59. The van der Waals surface area contributed by atoms with Gasteiger partial charge in [-0.3, -0.25) is 10.00 Å². The number of anilines is 2. The number of aryl methyl sites for hydroxylation is 1. The van der Waals surface area contributed by atoms with Gasteiger partial charge < -0.3 is 10.1 Å². The normalized spacial score (nSPS) is 10.6. The van der Waals surface area contributed by atoms with Gasteiger partial charge in [0.05, 0.1) is 41.9 Å². The summed E-state index contributed by atoms with van der Waals surface area (Å²) in [5.74, 6) is -0.121. The minimum absolute atomic E-state index is 0.0726. The number of aromatic nitrogens is 3. The Morgan fingerprint density at radius 3 is 2.75 bits per heavy atom. The quantitative estimate of drug-likeness (QED) is 0.638. The van der Waals surface area contributed by atoms with Crippen molar-refractivity contribution in [2.75, 3.05) is 17.3 Å². The number of carbonyl (C=O) groups is 1. The van der Waals surface area contributed by atoms with Crippen molar-refractivity contribution in [1.82, 2.24) is 15.2 Å². The molecule has 2 N–H and O–H groups in total. The van der Waals surface area contributed by atoms with E-state index in [1.54, 1.807) is 12.1 Å². The monoisotopic (exact) mass is 403 g/mol. The molecule has 3 rings (SSSR count). The van der Waals surface area contributed by atoms with Crippen molar-refractivity contribution in [1.29, 1.82) is 0 Å². The molecule has 0 unspecified atom stereocenters. The van der Waals surface area contributed by atoms with Crippen LogP contribution in [0.25, 0.3) is 0 Å². The Balaban J connectivity index is 1.86. The zero-order valence-corrected chi connectivity index (χ0v) is 16.1. The summed E-state index contributed by atoms with van der Waals surface area (Å²) in [6.45, 7) is 2.23. The lowest BCUT2D eigenvalue weighted by Crippen LogP contribution is -2.34. The topological polar surface area (TPSA) is 83.1 Å².